The lowest BCUT2D eigenvalue weighted by Crippen LogP contribution is -2.37. The highest BCUT2D eigenvalue weighted by Crippen LogP contribution is 2.20. The number of Topliss-reactive ketones (excluding diaryl/α,β-unsaturated/α-hetero) is 1. The van der Waals surface area contributed by atoms with Crippen molar-refractivity contribution in [2.45, 2.75) is 20.5 Å². The van der Waals surface area contributed by atoms with E-state index in [0.29, 0.717) is 22.6 Å². The van der Waals surface area contributed by atoms with Crippen LogP contribution in [-0.4, -0.2) is 23.3 Å². The molecule has 28 heavy (non-hydrogen) atoms. The summed E-state index contributed by atoms with van der Waals surface area (Å²) in [6.07, 6.45) is 0. The quantitative estimate of drug-likeness (QED) is 0.281. The van der Waals surface area contributed by atoms with Crippen LogP contribution in [0, 0.1) is 11.0 Å². The summed E-state index contributed by atoms with van der Waals surface area (Å²) in [5, 5.41) is 12.7. The number of nitrogens with zero attached hydrogens (tertiary/aromatic N) is 2. The van der Waals surface area contributed by atoms with Gasteiger partial charge < -0.3 is 14.7 Å². The van der Waals surface area contributed by atoms with Gasteiger partial charge >= 0.3 is 5.97 Å². The van der Waals surface area contributed by atoms with E-state index in [1.54, 1.807) is 12.1 Å². The highest BCUT2D eigenvalue weighted by molar-refractivity contribution is 5.93. The maximum Gasteiger partial charge on any atom is 0.341 e. The molecule has 3 rings (SSSR count). The fourth-order valence-corrected chi connectivity index (χ4v) is 2.74. The van der Waals surface area contributed by atoms with Crippen LogP contribution in [0.5, 0.6) is 5.75 Å². The highest BCUT2D eigenvalue weighted by Gasteiger charge is 2.25. The van der Waals surface area contributed by atoms with E-state index >= 15 is 0 Å². The molecule has 0 saturated carbocycles. The standard InChI is InChI=1S/C20H17FN2O5/c1-3-27-13-8-9-16-18(10-13)23(26)19(12(2)24)17(22-16)11-28-20(25)14-6-4-5-7-15(14)21/h4-10H,3,11H2,1-2H3. The molecule has 0 saturated heterocycles. The predicted octanol–water partition coefficient (Wildman–Crippen LogP) is 2.97. The molecule has 2 aromatic carbocycles. The average molecular weight is 384 g/mol. The number of halogens is 1. The normalized spacial score (nSPS) is 10.7. The number of carbonyl (C=O) groups excluding carboxylic acids is 2. The zero-order valence-electron chi connectivity index (χ0n) is 15.3. The minimum Gasteiger partial charge on any atom is -0.618 e. The molecule has 144 valence electrons. The lowest BCUT2D eigenvalue weighted by Gasteiger charge is -2.11. The molecule has 0 N–H and O–H groups in total. The number of ether oxygens (including phenoxy) is 2. The summed E-state index contributed by atoms with van der Waals surface area (Å²) >= 11 is 0. The van der Waals surface area contributed by atoms with Gasteiger partial charge in [0.05, 0.1) is 18.2 Å². The van der Waals surface area contributed by atoms with Gasteiger partial charge in [0.15, 0.2) is 5.69 Å². The van der Waals surface area contributed by atoms with Gasteiger partial charge in [0.25, 0.3) is 5.69 Å². The van der Waals surface area contributed by atoms with E-state index in [4.69, 9.17) is 9.47 Å². The first-order valence-electron chi connectivity index (χ1n) is 8.54. The molecule has 0 aliphatic heterocycles. The van der Waals surface area contributed by atoms with Crippen LogP contribution in [0.4, 0.5) is 4.39 Å². The minimum atomic E-state index is -0.918. The Morgan fingerprint density at radius 1 is 1.21 bits per heavy atom. The molecule has 0 aliphatic rings. The number of hydrogen-bond donors (Lipinski definition) is 0. The number of fused-ring (bicyclic) bond motifs is 1. The smallest absolute Gasteiger partial charge is 0.341 e. The maximum atomic E-state index is 13.7. The second-order valence-corrected chi connectivity index (χ2v) is 5.90. The van der Waals surface area contributed by atoms with Crippen molar-refractivity contribution < 1.29 is 28.2 Å². The summed E-state index contributed by atoms with van der Waals surface area (Å²) in [4.78, 5) is 28.4. The molecule has 3 aromatic rings. The lowest BCUT2D eigenvalue weighted by atomic mass is 10.2. The van der Waals surface area contributed by atoms with Crippen LogP contribution < -0.4 is 9.47 Å². The van der Waals surface area contributed by atoms with Gasteiger partial charge in [-0.3, -0.25) is 4.79 Å². The summed E-state index contributed by atoms with van der Waals surface area (Å²) < 4.78 is 24.6. The Morgan fingerprint density at radius 3 is 2.64 bits per heavy atom. The molecule has 0 fully saturated rings. The molecule has 7 nitrogen and oxygen atoms in total. The Bertz CT molecular complexity index is 1070. The third-order valence-corrected chi connectivity index (χ3v) is 3.98. The minimum absolute atomic E-state index is 0.0103. The molecule has 1 heterocycles. The van der Waals surface area contributed by atoms with Crippen molar-refractivity contribution >= 4 is 22.8 Å². The van der Waals surface area contributed by atoms with Crippen molar-refractivity contribution in [2.24, 2.45) is 0 Å². The lowest BCUT2D eigenvalue weighted by molar-refractivity contribution is -0.580. The van der Waals surface area contributed by atoms with Crippen LogP contribution in [0.15, 0.2) is 42.5 Å². The molecule has 1 aromatic heterocycles. The monoisotopic (exact) mass is 384 g/mol. The number of rotatable bonds is 6. The number of ketones is 1. The largest absolute Gasteiger partial charge is 0.618 e. The van der Waals surface area contributed by atoms with E-state index in [2.05, 4.69) is 4.98 Å². The van der Waals surface area contributed by atoms with Crippen LogP contribution >= 0.6 is 0 Å². The molecule has 0 bridgehead atoms. The van der Waals surface area contributed by atoms with Gasteiger partial charge in [0.2, 0.25) is 11.3 Å². The summed E-state index contributed by atoms with van der Waals surface area (Å²) in [6, 6.07) is 10.1. The SMILES string of the molecule is CCOc1ccc2nc(COC(=O)c3ccccc3F)c(C(C)=O)[n+]([O-])c2c1. The van der Waals surface area contributed by atoms with Gasteiger partial charge in [0.1, 0.15) is 23.7 Å². The van der Waals surface area contributed by atoms with Gasteiger partial charge in [-0.15, -0.1) is 0 Å². The van der Waals surface area contributed by atoms with Crippen molar-refractivity contribution in [3.8, 4) is 5.75 Å². The third-order valence-electron chi connectivity index (χ3n) is 3.98. The zero-order chi connectivity index (χ0) is 20.3. The summed E-state index contributed by atoms with van der Waals surface area (Å²) in [7, 11) is 0. The number of esters is 1. The highest BCUT2D eigenvalue weighted by atomic mass is 19.1. The predicted molar refractivity (Wildman–Crippen MR) is 97.4 cm³/mol. The topological polar surface area (TPSA) is 92.4 Å². The number of aromatic nitrogens is 2. The Labute approximate surface area is 159 Å². The molecule has 0 radical (unpaired) electrons. The van der Waals surface area contributed by atoms with Gasteiger partial charge in [0, 0.05) is 6.92 Å². The second kappa shape index (κ2) is 7.99. The maximum absolute atomic E-state index is 13.7. The molecule has 0 aliphatic carbocycles. The summed E-state index contributed by atoms with van der Waals surface area (Å²) in [5.41, 5.74) is -0.0453. The molecule has 0 atom stereocenters. The third kappa shape index (κ3) is 3.75. The molecule has 0 spiro atoms. The molecular weight excluding hydrogens is 367 g/mol. The Morgan fingerprint density at radius 2 is 1.96 bits per heavy atom. The van der Waals surface area contributed by atoms with Crippen molar-refractivity contribution in [1.29, 1.82) is 0 Å². The summed E-state index contributed by atoms with van der Waals surface area (Å²) in [6.45, 7) is 2.99. The van der Waals surface area contributed by atoms with E-state index < -0.39 is 24.2 Å². The molecule has 0 amide bonds. The Kier molecular flexibility index (Phi) is 5.49. The summed E-state index contributed by atoms with van der Waals surface area (Å²) in [5.74, 6) is -1.72. The van der Waals surface area contributed by atoms with Crippen molar-refractivity contribution in [1.82, 2.24) is 4.98 Å². The molecule has 8 heteroatoms. The van der Waals surface area contributed by atoms with E-state index in [0.717, 1.165) is 6.07 Å². The van der Waals surface area contributed by atoms with Crippen LogP contribution in [0.1, 0.15) is 40.4 Å². The van der Waals surface area contributed by atoms with E-state index in [9.17, 15) is 19.2 Å². The van der Waals surface area contributed by atoms with Crippen LogP contribution in [0.3, 0.4) is 0 Å². The van der Waals surface area contributed by atoms with Gasteiger partial charge in [-0.2, -0.15) is 4.73 Å². The van der Waals surface area contributed by atoms with Gasteiger partial charge in [-0.05, 0) is 31.2 Å². The van der Waals surface area contributed by atoms with E-state index in [-0.39, 0.29) is 22.5 Å². The fourth-order valence-electron chi connectivity index (χ4n) is 2.74. The van der Waals surface area contributed by atoms with Gasteiger partial charge in [-0.25, -0.2) is 14.2 Å². The second-order valence-electron chi connectivity index (χ2n) is 5.90. The van der Waals surface area contributed by atoms with Crippen LogP contribution in [0.25, 0.3) is 11.0 Å². The molecular formula is C20H17FN2O5. The number of benzene rings is 2. The van der Waals surface area contributed by atoms with Crippen LogP contribution in [0.2, 0.25) is 0 Å². The Hall–Kier alpha value is -3.55. The first-order chi connectivity index (χ1) is 13.4. The van der Waals surface area contributed by atoms with Crippen molar-refractivity contribution in [3.05, 3.63) is 70.4 Å². The van der Waals surface area contributed by atoms with Crippen molar-refractivity contribution in [3.63, 3.8) is 0 Å². The first-order valence-corrected chi connectivity index (χ1v) is 8.54. The zero-order valence-corrected chi connectivity index (χ0v) is 15.3. The van der Waals surface area contributed by atoms with E-state index in [1.807, 2.05) is 6.92 Å². The van der Waals surface area contributed by atoms with Crippen LogP contribution in [-0.2, 0) is 11.3 Å². The average Bonchev–Trinajstić information content (AvgIpc) is 2.67. The molecule has 0 unspecified atom stereocenters. The van der Waals surface area contributed by atoms with Gasteiger partial charge in [-0.1, -0.05) is 12.1 Å². The number of hydrogen-bond acceptors (Lipinski definition) is 6. The Balaban J connectivity index is 1.97. The fraction of sp³-hybridized carbons (Fsp3) is 0.200. The van der Waals surface area contributed by atoms with E-state index in [1.165, 1.54) is 31.2 Å². The number of carbonyl (C=O) groups is 2. The first kappa shape index (κ1) is 19.2. The van der Waals surface area contributed by atoms with Crippen molar-refractivity contribution in [2.75, 3.05) is 6.61 Å².